The van der Waals surface area contributed by atoms with E-state index in [4.69, 9.17) is 17.3 Å². The van der Waals surface area contributed by atoms with Gasteiger partial charge >= 0.3 is 0 Å². The van der Waals surface area contributed by atoms with Crippen LogP contribution in [0.3, 0.4) is 0 Å². The molecule has 2 aromatic rings. The van der Waals surface area contributed by atoms with Gasteiger partial charge in [-0.2, -0.15) is 0 Å². The predicted molar refractivity (Wildman–Crippen MR) is 64.1 cm³/mol. The molecule has 0 radical (unpaired) electrons. The van der Waals surface area contributed by atoms with Crippen LogP contribution in [0.25, 0.3) is 0 Å². The minimum atomic E-state index is -1.22. The minimum Gasteiger partial charge on any atom is -0.384 e. The van der Waals surface area contributed by atoms with E-state index in [1.807, 2.05) is 0 Å². The summed E-state index contributed by atoms with van der Waals surface area (Å²) in [5.74, 6) is -1.94. The number of aromatic nitrogens is 1. The molecule has 1 heterocycles. The third-order valence-corrected chi connectivity index (χ3v) is 2.68. The van der Waals surface area contributed by atoms with Gasteiger partial charge in [0.1, 0.15) is 11.9 Å². The summed E-state index contributed by atoms with van der Waals surface area (Å²) in [5, 5.41) is 10.3. The quantitative estimate of drug-likeness (QED) is 0.882. The number of aliphatic hydroxyl groups excluding tert-OH is 1. The molecule has 0 aliphatic rings. The summed E-state index contributed by atoms with van der Waals surface area (Å²) in [7, 11) is 0. The Kier molecular flexibility index (Phi) is 3.45. The molecule has 0 saturated carbocycles. The number of benzene rings is 1. The van der Waals surface area contributed by atoms with Gasteiger partial charge in [0.05, 0.1) is 5.02 Å². The van der Waals surface area contributed by atoms with Gasteiger partial charge in [-0.3, -0.25) is 0 Å². The molecule has 94 valence electrons. The summed E-state index contributed by atoms with van der Waals surface area (Å²) in [6.45, 7) is 0. The first-order chi connectivity index (χ1) is 8.49. The van der Waals surface area contributed by atoms with E-state index < -0.39 is 17.7 Å². The molecule has 6 heteroatoms. The van der Waals surface area contributed by atoms with E-state index in [1.54, 1.807) is 0 Å². The Morgan fingerprint density at radius 1 is 1.22 bits per heavy atom. The highest BCUT2D eigenvalue weighted by Gasteiger charge is 2.16. The monoisotopic (exact) mass is 270 g/mol. The molecule has 0 aliphatic carbocycles. The van der Waals surface area contributed by atoms with E-state index in [2.05, 4.69) is 4.98 Å². The number of anilines is 1. The van der Waals surface area contributed by atoms with Crippen molar-refractivity contribution in [3.05, 3.63) is 58.2 Å². The molecule has 0 spiro atoms. The number of nitrogens with two attached hydrogens (primary N) is 1. The molecule has 0 saturated heterocycles. The van der Waals surface area contributed by atoms with Crippen LogP contribution < -0.4 is 5.73 Å². The fourth-order valence-corrected chi connectivity index (χ4v) is 1.71. The predicted octanol–water partition coefficient (Wildman–Crippen LogP) is 2.68. The minimum absolute atomic E-state index is 0.0802. The first kappa shape index (κ1) is 12.7. The van der Waals surface area contributed by atoms with E-state index >= 15 is 0 Å². The van der Waals surface area contributed by atoms with E-state index in [-0.39, 0.29) is 16.9 Å². The molecule has 1 unspecified atom stereocenters. The number of halogens is 3. The molecule has 1 aromatic carbocycles. The molecule has 2 rings (SSSR count). The summed E-state index contributed by atoms with van der Waals surface area (Å²) in [6.07, 6.45) is 0.115. The van der Waals surface area contributed by atoms with Crippen molar-refractivity contribution in [1.29, 1.82) is 0 Å². The van der Waals surface area contributed by atoms with Gasteiger partial charge in [-0.15, -0.1) is 0 Å². The fourth-order valence-electron chi connectivity index (χ4n) is 1.55. The molecule has 18 heavy (non-hydrogen) atoms. The van der Waals surface area contributed by atoms with Gasteiger partial charge in [-0.1, -0.05) is 17.7 Å². The van der Waals surface area contributed by atoms with Crippen molar-refractivity contribution < 1.29 is 13.9 Å². The smallest absolute Gasteiger partial charge is 0.159 e. The maximum atomic E-state index is 13.1. The summed E-state index contributed by atoms with van der Waals surface area (Å²) >= 11 is 5.74. The fraction of sp³-hybridized carbons (Fsp3) is 0.0833. The van der Waals surface area contributed by atoms with Gasteiger partial charge in [0, 0.05) is 11.8 Å². The van der Waals surface area contributed by atoms with Gasteiger partial charge in [0.2, 0.25) is 0 Å². The molecule has 0 fully saturated rings. The highest BCUT2D eigenvalue weighted by Crippen LogP contribution is 2.28. The molecule has 0 aliphatic heterocycles. The lowest BCUT2D eigenvalue weighted by atomic mass is 10.0. The number of pyridine rings is 1. The van der Waals surface area contributed by atoms with Crippen LogP contribution in [-0.2, 0) is 0 Å². The Labute approximate surface area is 107 Å². The van der Waals surface area contributed by atoms with Crippen molar-refractivity contribution in [2.75, 3.05) is 5.73 Å². The Bertz CT molecular complexity index is 592. The van der Waals surface area contributed by atoms with Crippen LogP contribution in [0.5, 0.6) is 0 Å². The number of hydrogen-bond donors (Lipinski definition) is 2. The van der Waals surface area contributed by atoms with Gasteiger partial charge in [-0.25, -0.2) is 13.8 Å². The Hall–Kier alpha value is -1.72. The van der Waals surface area contributed by atoms with Crippen molar-refractivity contribution >= 4 is 17.4 Å². The Morgan fingerprint density at radius 3 is 2.61 bits per heavy atom. The van der Waals surface area contributed by atoms with E-state index in [0.29, 0.717) is 5.02 Å². The van der Waals surface area contributed by atoms with Gasteiger partial charge in [0.15, 0.2) is 11.6 Å². The molecule has 1 aromatic heterocycles. The summed E-state index contributed by atoms with van der Waals surface area (Å²) in [5.41, 5.74) is 6.01. The van der Waals surface area contributed by atoms with Crippen molar-refractivity contribution in [1.82, 2.24) is 4.98 Å². The maximum absolute atomic E-state index is 13.1. The molecule has 1 atom stereocenters. The summed E-state index contributed by atoms with van der Waals surface area (Å²) in [4.78, 5) is 3.78. The lowest BCUT2D eigenvalue weighted by molar-refractivity contribution is 0.220. The molecule has 3 nitrogen and oxygen atoms in total. The van der Waals surface area contributed by atoms with Crippen molar-refractivity contribution in [2.45, 2.75) is 6.10 Å². The van der Waals surface area contributed by atoms with Crippen molar-refractivity contribution in [3.8, 4) is 0 Å². The molecule has 0 bridgehead atoms. The lowest BCUT2D eigenvalue weighted by Crippen LogP contribution is -2.06. The van der Waals surface area contributed by atoms with Crippen LogP contribution in [0.15, 0.2) is 30.5 Å². The normalized spacial score (nSPS) is 12.4. The number of aliphatic hydroxyl groups is 1. The van der Waals surface area contributed by atoms with Gasteiger partial charge in [-0.05, 0) is 23.8 Å². The standard InChI is InChI=1S/C12H9ClF2N2O/c13-7-4-8(12(16)17-5-7)11(18)6-1-2-9(14)10(15)3-6/h1-5,11,18H,(H2,16,17). The van der Waals surface area contributed by atoms with Crippen LogP contribution in [0, 0.1) is 11.6 Å². The van der Waals surface area contributed by atoms with Crippen molar-refractivity contribution in [3.63, 3.8) is 0 Å². The Morgan fingerprint density at radius 2 is 1.94 bits per heavy atom. The second-order valence-electron chi connectivity index (χ2n) is 3.70. The summed E-state index contributed by atoms with van der Waals surface area (Å²) in [6, 6.07) is 4.53. The zero-order chi connectivity index (χ0) is 13.3. The molecular weight excluding hydrogens is 262 g/mol. The van der Waals surface area contributed by atoms with Crippen LogP contribution in [0.1, 0.15) is 17.2 Å². The highest BCUT2D eigenvalue weighted by molar-refractivity contribution is 6.30. The highest BCUT2D eigenvalue weighted by atomic mass is 35.5. The first-order valence-electron chi connectivity index (χ1n) is 5.03. The first-order valence-corrected chi connectivity index (χ1v) is 5.41. The van der Waals surface area contributed by atoms with E-state index in [9.17, 15) is 13.9 Å². The molecular formula is C12H9ClF2N2O. The van der Waals surface area contributed by atoms with Crippen LogP contribution in [0.4, 0.5) is 14.6 Å². The zero-order valence-electron chi connectivity index (χ0n) is 9.07. The van der Waals surface area contributed by atoms with Gasteiger partial charge < -0.3 is 10.8 Å². The topological polar surface area (TPSA) is 59.1 Å². The van der Waals surface area contributed by atoms with E-state index in [0.717, 1.165) is 12.1 Å². The zero-order valence-corrected chi connectivity index (χ0v) is 9.83. The average Bonchev–Trinajstić information content (AvgIpc) is 2.35. The second kappa shape index (κ2) is 4.88. The lowest BCUT2D eigenvalue weighted by Gasteiger charge is -2.13. The van der Waals surface area contributed by atoms with E-state index in [1.165, 1.54) is 18.3 Å². The van der Waals surface area contributed by atoms with Gasteiger partial charge in [0.25, 0.3) is 0 Å². The number of hydrogen-bond acceptors (Lipinski definition) is 3. The molecule has 0 amide bonds. The van der Waals surface area contributed by atoms with Crippen LogP contribution >= 0.6 is 11.6 Å². The number of nitrogen functional groups attached to an aromatic ring is 1. The second-order valence-corrected chi connectivity index (χ2v) is 4.14. The third kappa shape index (κ3) is 2.42. The number of rotatable bonds is 2. The molecule has 3 N–H and O–H groups in total. The SMILES string of the molecule is Nc1ncc(Cl)cc1C(O)c1ccc(F)c(F)c1. The average molecular weight is 271 g/mol. The summed E-state index contributed by atoms with van der Waals surface area (Å²) < 4.78 is 25.9. The van der Waals surface area contributed by atoms with Crippen LogP contribution in [-0.4, -0.2) is 10.1 Å². The van der Waals surface area contributed by atoms with Crippen molar-refractivity contribution in [2.24, 2.45) is 0 Å². The third-order valence-electron chi connectivity index (χ3n) is 2.47. The number of nitrogens with zero attached hydrogens (tertiary/aromatic N) is 1. The maximum Gasteiger partial charge on any atom is 0.159 e. The Balaban J connectivity index is 2.44. The largest absolute Gasteiger partial charge is 0.384 e. The van der Waals surface area contributed by atoms with Crippen LogP contribution in [0.2, 0.25) is 5.02 Å².